The molecule has 0 spiro atoms. The van der Waals surface area contributed by atoms with Crippen LogP contribution in [0.2, 0.25) is 0 Å². The Balaban J connectivity index is 1.23. The average molecular weight is 671 g/mol. The molecule has 0 aliphatic heterocycles. The molecule has 2 aromatic heterocycles. The van der Waals surface area contributed by atoms with Crippen molar-refractivity contribution in [2.45, 2.75) is 44.0 Å². The summed E-state index contributed by atoms with van der Waals surface area (Å²) < 4.78 is 5.42. The first kappa shape index (κ1) is 33.5. The number of hydrogen-bond donors (Lipinski definition) is 6. The van der Waals surface area contributed by atoms with Gasteiger partial charge in [-0.3, -0.25) is 14.4 Å². The molecule has 7 N–H and O–H groups in total. The van der Waals surface area contributed by atoms with E-state index in [1.165, 1.54) is 0 Å². The Morgan fingerprint density at radius 3 is 1.58 bits per heavy atom. The first-order chi connectivity index (χ1) is 24.3. The molecule has 0 aliphatic carbocycles. The van der Waals surface area contributed by atoms with Crippen LogP contribution in [-0.2, 0) is 45.0 Å². The standard InChI is InChI=1S/C39H38N6O5/c40-36(46)33(20-27-22-41-31-17-9-7-15-29(27)31)43-38(48)35(21-28-23-42-32-18-10-8-16-30(28)32)44-37(47)34(19-25-11-3-1-4-12-25)45-39(49)50-24-26-13-5-2-6-14-26/h1-18,22-23,33-35,41-42H,19-21,24H2,(H2,40,46)(H,43,48)(H,44,47)(H,45,49). The molecule has 0 saturated heterocycles. The molecule has 50 heavy (non-hydrogen) atoms. The summed E-state index contributed by atoms with van der Waals surface area (Å²) in [5.41, 5.74) is 10.7. The second kappa shape index (κ2) is 15.7. The van der Waals surface area contributed by atoms with Crippen molar-refractivity contribution >= 4 is 45.6 Å². The lowest BCUT2D eigenvalue weighted by molar-refractivity contribution is -0.131. The number of benzene rings is 4. The van der Waals surface area contributed by atoms with Gasteiger partial charge in [0.05, 0.1) is 0 Å². The molecule has 0 saturated carbocycles. The van der Waals surface area contributed by atoms with E-state index in [0.717, 1.165) is 44.1 Å². The van der Waals surface area contributed by atoms with Gasteiger partial charge in [0.15, 0.2) is 0 Å². The summed E-state index contributed by atoms with van der Waals surface area (Å²) in [6, 6.07) is 30.4. The second-order valence-corrected chi connectivity index (χ2v) is 12.1. The van der Waals surface area contributed by atoms with E-state index in [9.17, 15) is 19.2 Å². The third kappa shape index (κ3) is 8.37. The molecule has 11 heteroatoms. The molecular weight excluding hydrogens is 632 g/mol. The summed E-state index contributed by atoms with van der Waals surface area (Å²) in [5, 5.41) is 10.1. The van der Waals surface area contributed by atoms with Crippen LogP contribution in [0, 0.1) is 0 Å². The van der Waals surface area contributed by atoms with E-state index >= 15 is 0 Å². The summed E-state index contributed by atoms with van der Waals surface area (Å²) in [6.07, 6.45) is 3.17. The zero-order valence-corrected chi connectivity index (χ0v) is 27.2. The maximum atomic E-state index is 14.0. The largest absolute Gasteiger partial charge is 0.445 e. The zero-order valence-electron chi connectivity index (χ0n) is 27.2. The highest BCUT2D eigenvalue weighted by atomic mass is 16.5. The first-order valence-electron chi connectivity index (χ1n) is 16.3. The van der Waals surface area contributed by atoms with E-state index in [1.807, 2.05) is 109 Å². The number of aromatic amines is 2. The Kier molecular flexibility index (Phi) is 10.5. The number of ether oxygens (including phenoxy) is 1. The van der Waals surface area contributed by atoms with E-state index in [1.54, 1.807) is 12.4 Å². The van der Waals surface area contributed by atoms with Crippen LogP contribution in [0.4, 0.5) is 4.79 Å². The third-order valence-electron chi connectivity index (χ3n) is 8.59. The number of para-hydroxylation sites is 2. The second-order valence-electron chi connectivity index (χ2n) is 12.1. The Hall–Kier alpha value is -6.36. The van der Waals surface area contributed by atoms with Gasteiger partial charge >= 0.3 is 6.09 Å². The topological polar surface area (TPSA) is 171 Å². The molecule has 0 radical (unpaired) electrons. The van der Waals surface area contributed by atoms with Crippen molar-refractivity contribution in [1.82, 2.24) is 25.9 Å². The highest BCUT2D eigenvalue weighted by Gasteiger charge is 2.31. The number of carbonyl (C=O) groups is 4. The van der Waals surface area contributed by atoms with Crippen LogP contribution in [0.25, 0.3) is 21.8 Å². The molecule has 0 bridgehead atoms. The average Bonchev–Trinajstić information content (AvgIpc) is 3.74. The maximum absolute atomic E-state index is 14.0. The van der Waals surface area contributed by atoms with E-state index in [0.29, 0.717) is 0 Å². The molecule has 6 rings (SSSR count). The van der Waals surface area contributed by atoms with Gasteiger partial charge in [0.1, 0.15) is 24.7 Å². The smallest absolute Gasteiger partial charge is 0.408 e. The highest BCUT2D eigenvalue weighted by Crippen LogP contribution is 2.21. The van der Waals surface area contributed by atoms with Crippen molar-refractivity contribution in [3.8, 4) is 0 Å². The minimum Gasteiger partial charge on any atom is -0.445 e. The van der Waals surface area contributed by atoms with Crippen LogP contribution in [0.15, 0.2) is 122 Å². The quantitative estimate of drug-likeness (QED) is 0.101. The highest BCUT2D eigenvalue weighted by molar-refractivity contribution is 5.95. The van der Waals surface area contributed by atoms with Crippen LogP contribution < -0.4 is 21.7 Å². The fourth-order valence-corrected chi connectivity index (χ4v) is 5.98. The molecule has 11 nitrogen and oxygen atoms in total. The third-order valence-corrected chi connectivity index (χ3v) is 8.59. The minimum absolute atomic E-state index is 0.0167. The molecule has 4 amide bonds. The number of alkyl carbamates (subject to hydrolysis) is 1. The predicted molar refractivity (Wildman–Crippen MR) is 191 cm³/mol. The number of amides is 4. The fraction of sp³-hybridized carbons (Fsp3) is 0.179. The molecule has 0 fully saturated rings. The van der Waals surface area contributed by atoms with E-state index in [-0.39, 0.29) is 25.9 Å². The van der Waals surface area contributed by atoms with Crippen LogP contribution >= 0.6 is 0 Å². The number of hydrogen-bond acceptors (Lipinski definition) is 5. The van der Waals surface area contributed by atoms with Gasteiger partial charge < -0.3 is 36.4 Å². The van der Waals surface area contributed by atoms with Gasteiger partial charge in [-0.2, -0.15) is 0 Å². The van der Waals surface area contributed by atoms with Gasteiger partial charge in [-0.25, -0.2) is 4.79 Å². The van der Waals surface area contributed by atoms with Crippen molar-refractivity contribution in [2.24, 2.45) is 5.73 Å². The zero-order chi connectivity index (χ0) is 34.9. The van der Waals surface area contributed by atoms with Gasteiger partial charge in [0.2, 0.25) is 17.7 Å². The van der Waals surface area contributed by atoms with Crippen molar-refractivity contribution in [1.29, 1.82) is 0 Å². The van der Waals surface area contributed by atoms with Crippen molar-refractivity contribution in [2.75, 3.05) is 0 Å². The number of carbonyl (C=O) groups excluding carboxylic acids is 4. The van der Waals surface area contributed by atoms with E-state index in [2.05, 4.69) is 25.9 Å². The predicted octanol–water partition coefficient (Wildman–Crippen LogP) is 4.43. The summed E-state index contributed by atoms with van der Waals surface area (Å²) in [5.74, 6) is -1.92. The number of aromatic nitrogens is 2. The number of nitrogens with two attached hydrogens (primary N) is 1. The van der Waals surface area contributed by atoms with Gasteiger partial charge in [-0.05, 0) is 34.4 Å². The van der Waals surface area contributed by atoms with Crippen LogP contribution in [0.3, 0.4) is 0 Å². The maximum Gasteiger partial charge on any atom is 0.408 e. The summed E-state index contributed by atoms with van der Waals surface area (Å²) in [7, 11) is 0. The Morgan fingerprint density at radius 1 is 0.560 bits per heavy atom. The molecule has 254 valence electrons. The molecule has 2 heterocycles. The van der Waals surface area contributed by atoms with Gasteiger partial charge in [-0.15, -0.1) is 0 Å². The number of fused-ring (bicyclic) bond motifs is 2. The fourth-order valence-electron chi connectivity index (χ4n) is 5.98. The number of H-pyrrole nitrogens is 2. The molecule has 4 aromatic carbocycles. The van der Waals surface area contributed by atoms with Crippen molar-refractivity contribution in [3.63, 3.8) is 0 Å². The van der Waals surface area contributed by atoms with Crippen LogP contribution in [0.1, 0.15) is 22.3 Å². The molecule has 0 aliphatic rings. The van der Waals surface area contributed by atoms with Crippen molar-refractivity contribution in [3.05, 3.63) is 144 Å². The number of rotatable bonds is 14. The molecule has 6 aromatic rings. The van der Waals surface area contributed by atoms with Crippen LogP contribution in [-0.4, -0.2) is 51.9 Å². The van der Waals surface area contributed by atoms with E-state index in [4.69, 9.17) is 10.5 Å². The van der Waals surface area contributed by atoms with Crippen LogP contribution in [0.5, 0.6) is 0 Å². The lowest BCUT2D eigenvalue weighted by Gasteiger charge is -2.25. The summed E-state index contributed by atoms with van der Waals surface area (Å²) in [4.78, 5) is 60.1. The minimum atomic E-state index is -1.13. The molecule has 3 atom stereocenters. The summed E-state index contributed by atoms with van der Waals surface area (Å²) in [6.45, 7) is 0.0167. The van der Waals surface area contributed by atoms with Gasteiger partial charge in [0, 0.05) is 53.5 Å². The monoisotopic (exact) mass is 670 g/mol. The molecular formula is C39H38N6O5. The lowest BCUT2D eigenvalue weighted by atomic mass is 10.0. The SMILES string of the molecule is NC(=O)C(Cc1c[nH]c2ccccc12)NC(=O)C(Cc1c[nH]c2ccccc12)NC(=O)C(Cc1ccccc1)NC(=O)OCc1ccccc1. The van der Waals surface area contributed by atoms with E-state index < -0.39 is 41.9 Å². The molecule has 3 unspecified atom stereocenters. The number of primary amides is 1. The first-order valence-corrected chi connectivity index (χ1v) is 16.3. The van der Waals surface area contributed by atoms with Gasteiger partial charge in [0.25, 0.3) is 0 Å². The summed E-state index contributed by atoms with van der Waals surface area (Å²) >= 11 is 0. The lowest BCUT2D eigenvalue weighted by Crippen LogP contribution is -2.57. The number of nitrogens with one attached hydrogen (secondary N) is 5. The Bertz CT molecular complexity index is 2090. The Morgan fingerprint density at radius 2 is 1.02 bits per heavy atom. The normalized spacial score (nSPS) is 12.9. The Labute approximate surface area is 288 Å². The van der Waals surface area contributed by atoms with Crippen molar-refractivity contribution < 1.29 is 23.9 Å². The van der Waals surface area contributed by atoms with Gasteiger partial charge in [-0.1, -0.05) is 97.1 Å².